The average Bonchev–Trinajstić information content (AvgIpc) is 2.65. The number of halogens is 1. The highest BCUT2D eigenvalue weighted by molar-refractivity contribution is 7.85. The van der Waals surface area contributed by atoms with Crippen LogP contribution in [0.1, 0.15) is 22.8 Å². The topological polar surface area (TPSA) is 72.5 Å². The fraction of sp³-hybridized carbons (Fsp3) is 0.222. The monoisotopic (exact) mass is 363 g/mol. The van der Waals surface area contributed by atoms with E-state index in [9.17, 15) is 18.2 Å². The quantitative estimate of drug-likeness (QED) is 0.767. The van der Waals surface area contributed by atoms with Crippen molar-refractivity contribution in [2.45, 2.75) is 18.4 Å². The highest BCUT2D eigenvalue weighted by Crippen LogP contribution is 2.15. The van der Waals surface area contributed by atoms with Gasteiger partial charge in [-0.15, -0.1) is 0 Å². The predicted molar refractivity (Wildman–Crippen MR) is 91.9 cm³/mol. The molecule has 0 bridgehead atoms. The number of esters is 1. The van der Waals surface area contributed by atoms with E-state index in [1.165, 1.54) is 18.2 Å². The van der Waals surface area contributed by atoms with Crippen molar-refractivity contribution in [2.75, 3.05) is 12.4 Å². The summed E-state index contributed by atoms with van der Waals surface area (Å²) >= 11 is 0. The van der Waals surface area contributed by atoms with Crippen LogP contribution in [0.2, 0.25) is 0 Å². The fourth-order valence-electron chi connectivity index (χ4n) is 2.05. The molecular formula is C18H18FNO4S. The molecule has 7 heteroatoms. The van der Waals surface area contributed by atoms with E-state index in [4.69, 9.17) is 4.74 Å². The Morgan fingerprint density at radius 2 is 1.80 bits per heavy atom. The molecule has 2 rings (SSSR count). The van der Waals surface area contributed by atoms with Gasteiger partial charge in [0.05, 0.1) is 21.3 Å². The van der Waals surface area contributed by atoms with Crippen LogP contribution in [0.15, 0.2) is 53.4 Å². The van der Waals surface area contributed by atoms with Crippen molar-refractivity contribution in [1.29, 1.82) is 0 Å². The summed E-state index contributed by atoms with van der Waals surface area (Å²) in [5, 5.41) is 2.58. The summed E-state index contributed by atoms with van der Waals surface area (Å²) < 4.78 is 29.7. The van der Waals surface area contributed by atoms with Crippen molar-refractivity contribution in [3.63, 3.8) is 0 Å². The lowest BCUT2D eigenvalue weighted by atomic mass is 10.2. The fourth-order valence-corrected chi connectivity index (χ4v) is 2.99. The van der Waals surface area contributed by atoms with Crippen LogP contribution < -0.4 is 5.32 Å². The highest BCUT2D eigenvalue weighted by Gasteiger charge is 2.17. The van der Waals surface area contributed by atoms with Gasteiger partial charge in [-0.3, -0.25) is 9.00 Å². The van der Waals surface area contributed by atoms with Crippen LogP contribution in [0.5, 0.6) is 0 Å². The third-order valence-corrected chi connectivity index (χ3v) is 4.72. The van der Waals surface area contributed by atoms with E-state index in [0.717, 1.165) is 5.56 Å². The molecule has 1 N–H and O–H groups in total. The SMILES string of the molecule is CC[S@@](=O)c1ccccc1C(=O)OCC(=O)NCc1ccc(F)cc1. The minimum atomic E-state index is -1.30. The molecule has 0 aliphatic carbocycles. The lowest BCUT2D eigenvalue weighted by Crippen LogP contribution is -2.28. The van der Waals surface area contributed by atoms with Crippen LogP contribution >= 0.6 is 0 Å². The van der Waals surface area contributed by atoms with Crippen molar-refractivity contribution < 1.29 is 22.9 Å². The summed E-state index contributed by atoms with van der Waals surface area (Å²) in [5.41, 5.74) is 0.916. The number of carbonyl (C=O) groups is 2. The molecule has 0 unspecified atom stereocenters. The summed E-state index contributed by atoms with van der Waals surface area (Å²) in [6.07, 6.45) is 0. The molecule has 0 aliphatic rings. The summed E-state index contributed by atoms with van der Waals surface area (Å²) in [6.45, 7) is 1.50. The number of amides is 1. The molecule has 0 saturated carbocycles. The maximum Gasteiger partial charge on any atom is 0.339 e. The van der Waals surface area contributed by atoms with Crippen molar-refractivity contribution >= 4 is 22.7 Å². The average molecular weight is 363 g/mol. The van der Waals surface area contributed by atoms with E-state index in [1.54, 1.807) is 37.3 Å². The number of rotatable bonds is 7. The molecule has 0 fully saturated rings. The van der Waals surface area contributed by atoms with E-state index >= 15 is 0 Å². The van der Waals surface area contributed by atoms with Gasteiger partial charge in [0, 0.05) is 12.3 Å². The molecule has 0 saturated heterocycles. The van der Waals surface area contributed by atoms with E-state index in [2.05, 4.69) is 5.32 Å². The number of benzene rings is 2. The molecule has 2 aromatic rings. The highest BCUT2D eigenvalue weighted by atomic mass is 32.2. The first kappa shape index (κ1) is 18.8. The largest absolute Gasteiger partial charge is 0.452 e. The second-order valence-corrected chi connectivity index (χ2v) is 6.82. The van der Waals surface area contributed by atoms with Gasteiger partial charge in [-0.1, -0.05) is 31.2 Å². The molecule has 132 valence electrons. The molecular weight excluding hydrogens is 345 g/mol. The molecule has 0 heterocycles. The van der Waals surface area contributed by atoms with Crippen molar-refractivity contribution in [3.05, 3.63) is 65.5 Å². The normalized spacial score (nSPS) is 11.6. The van der Waals surface area contributed by atoms with Crippen LogP contribution in [-0.2, 0) is 26.9 Å². The third kappa shape index (κ3) is 5.49. The number of ether oxygens (including phenoxy) is 1. The summed E-state index contributed by atoms with van der Waals surface area (Å²) in [4.78, 5) is 24.3. The van der Waals surface area contributed by atoms with Crippen molar-refractivity contribution in [2.24, 2.45) is 0 Å². The lowest BCUT2D eigenvalue weighted by Gasteiger charge is -2.09. The Morgan fingerprint density at radius 1 is 1.12 bits per heavy atom. The maximum absolute atomic E-state index is 12.8. The maximum atomic E-state index is 12.8. The van der Waals surface area contributed by atoms with E-state index in [1.807, 2.05) is 0 Å². The van der Waals surface area contributed by atoms with Crippen LogP contribution in [0.25, 0.3) is 0 Å². The van der Waals surface area contributed by atoms with Gasteiger partial charge in [-0.2, -0.15) is 0 Å². The standard InChI is InChI=1S/C18H18FNO4S/c1-2-25(23)16-6-4-3-5-15(16)18(22)24-12-17(21)20-11-13-7-9-14(19)10-8-13/h3-10H,2,11-12H2,1H3,(H,20,21)/t25-/m1/s1. The van der Waals surface area contributed by atoms with Gasteiger partial charge in [0.25, 0.3) is 5.91 Å². The lowest BCUT2D eigenvalue weighted by molar-refractivity contribution is -0.124. The van der Waals surface area contributed by atoms with E-state index in [-0.39, 0.29) is 17.9 Å². The smallest absolute Gasteiger partial charge is 0.339 e. The van der Waals surface area contributed by atoms with Gasteiger partial charge in [0.2, 0.25) is 0 Å². The Kier molecular flexibility index (Phi) is 6.82. The van der Waals surface area contributed by atoms with Crippen molar-refractivity contribution in [3.8, 4) is 0 Å². The Bertz CT molecular complexity index is 777. The second kappa shape index (κ2) is 9.08. The van der Waals surface area contributed by atoms with Gasteiger partial charge in [-0.05, 0) is 29.8 Å². The van der Waals surface area contributed by atoms with E-state index < -0.39 is 29.3 Å². The second-order valence-electron chi connectivity index (χ2n) is 5.11. The zero-order valence-electron chi connectivity index (χ0n) is 13.7. The molecule has 0 aromatic heterocycles. The first-order valence-electron chi connectivity index (χ1n) is 7.67. The minimum absolute atomic E-state index is 0.189. The zero-order chi connectivity index (χ0) is 18.2. The van der Waals surface area contributed by atoms with Gasteiger partial charge < -0.3 is 10.1 Å². The number of hydrogen-bond donors (Lipinski definition) is 1. The zero-order valence-corrected chi connectivity index (χ0v) is 14.5. The number of carbonyl (C=O) groups excluding carboxylic acids is 2. The predicted octanol–water partition coefficient (Wildman–Crippen LogP) is 2.43. The van der Waals surface area contributed by atoms with Crippen molar-refractivity contribution in [1.82, 2.24) is 5.32 Å². The third-order valence-electron chi connectivity index (χ3n) is 3.35. The molecule has 5 nitrogen and oxygen atoms in total. The van der Waals surface area contributed by atoms with Crippen LogP contribution in [0, 0.1) is 5.82 Å². The van der Waals surface area contributed by atoms with Crippen LogP contribution in [0.4, 0.5) is 4.39 Å². The molecule has 2 aromatic carbocycles. The number of hydrogen-bond acceptors (Lipinski definition) is 4. The first-order valence-corrected chi connectivity index (χ1v) is 8.98. The van der Waals surface area contributed by atoms with Gasteiger partial charge in [0.15, 0.2) is 6.61 Å². The molecule has 0 aliphatic heterocycles. The first-order chi connectivity index (χ1) is 12.0. The molecule has 0 spiro atoms. The van der Waals surface area contributed by atoms with Gasteiger partial charge in [-0.25, -0.2) is 9.18 Å². The van der Waals surface area contributed by atoms with Crippen LogP contribution in [0.3, 0.4) is 0 Å². The Hall–Kier alpha value is -2.54. The van der Waals surface area contributed by atoms with Gasteiger partial charge in [0.1, 0.15) is 5.82 Å². The van der Waals surface area contributed by atoms with Crippen LogP contribution in [-0.4, -0.2) is 28.4 Å². The minimum Gasteiger partial charge on any atom is -0.452 e. The Labute approximate surface area is 147 Å². The molecule has 1 atom stereocenters. The summed E-state index contributed by atoms with van der Waals surface area (Å²) in [6, 6.07) is 12.2. The molecule has 1 amide bonds. The van der Waals surface area contributed by atoms with E-state index in [0.29, 0.717) is 10.6 Å². The molecule has 0 radical (unpaired) electrons. The number of nitrogens with one attached hydrogen (secondary N) is 1. The van der Waals surface area contributed by atoms with Gasteiger partial charge >= 0.3 is 5.97 Å². The summed E-state index contributed by atoms with van der Waals surface area (Å²) in [7, 11) is -1.30. The Balaban J connectivity index is 1.88. The Morgan fingerprint density at radius 3 is 2.48 bits per heavy atom. The molecule has 25 heavy (non-hydrogen) atoms. The summed E-state index contributed by atoms with van der Waals surface area (Å²) in [5.74, 6) is -1.16.